The molecule has 0 fully saturated rings. The molecule has 100 valence electrons. The molecule has 0 aromatic heterocycles. The molecule has 0 saturated heterocycles. The van der Waals surface area contributed by atoms with E-state index in [1.54, 1.807) is 18.9 Å². The number of methoxy groups -OCH3 is 1. The predicted octanol–water partition coefficient (Wildman–Crippen LogP) is 3.70. The SMILES string of the molecule is COc1cccc(SCC(C)(O)c2ccccc2)c1. The second-order valence-corrected chi connectivity index (χ2v) is 5.66. The fraction of sp³-hybridized carbons (Fsp3) is 0.250. The van der Waals surface area contributed by atoms with Gasteiger partial charge in [-0.3, -0.25) is 0 Å². The van der Waals surface area contributed by atoms with Crippen molar-refractivity contribution < 1.29 is 9.84 Å². The van der Waals surface area contributed by atoms with Crippen molar-refractivity contribution in [3.05, 3.63) is 60.2 Å². The first-order chi connectivity index (χ1) is 9.12. The quantitative estimate of drug-likeness (QED) is 0.843. The van der Waals surface area contributed by atoms with Crippen LogP contribution < -0.4 is 4.74 Å². The van der Waals surface area contributed by atoms with Crippen molar-refractivity contribution >= 4 is 11.8 Å². The van der Waals surface area contributed by atoms with E-state index in [0.717, 1.165) is 16.2 Å². The summed E-state index contributed by atoms with van der Waals surface area (Å²) in [6.07, 6.45) is 0. The van der Waals surface area contributed by atoms with E-state index in [2.05, 4.69) is 0 Å². The third-order valence-electron chi connectivity index (χ3n) is 2.96. The average molecular weight is 274 g/mol. The number of hydrogen-bond donors (Lipinski definition) is 1. The van der Waals surface area contributed by atoms with Gasteiger partial charge in [0.1, 0.15) is 5.75 Å². The molecule has 0 bridgehead atoms. The summed E-state index contributed by atoms with van der Waals surface area (Å²) >= 11 is 1.62. The topological polar surface area (TPSA) is 29.5 Å². The van der Waals surface area contributed by atoms with E-state index in [1.807, 2.05) is 61.5 Å². The van der Waals surface area contributed by atoms with Crippen LogP contribution in [0.25, 0.3) is 0 Å². The third-order valence-corrected chi connectivity index (χ3v) is 4.25. The van der Waals surface area contributed by atoms with Gasteiger partial charge in [-0.05, 0) is 30.7 Å². The van der Waals surface area contributed by atoms with Crippen molar-refractivity contribution in [3.8, 4) is 5.75 Å². The Morgan fingerprint density at radius 1 is 1.11 bits per heavy atom. The van der Waals surface area contributed by atoms with Gasteiger partial charge in [0.15, 0.2) is 0 Å². The van der Waals surface area contributed by atoms with Crippen molar-refractivity contribution in [2.45, 2.75) is 17.4 Å². The van der Waals surface area contributed by atoms with E-state index in [9.17, 15) is 5.11 Å². The molecule has 0 amide bonds. The molecule has 0 aliphatic heterocycles. The minimum atomic E-state index is -0.838. The highest BCUT2D eigenvalue weighted by atomic mass is 32.2. The van der Waals surface area contributed by atoms with Crippen LogP contribution in [-0.4, -0.2) is 18.0 Å². The average Bonchev–Trinajstić information content (AvgIpc) is 2.46. The van der Waals surface area contributed by atoms with Crippen molar-refractivity contribution in [2.24, 2.45) is 0 Å². The maximum atomic E-state index is 10.5. The molecule has 0 radical (unpaired) electrons. The Labute approximate surface area is 118 Å². The standard InChI is InChI=1S/C16H18O2S/c1-16(17,13-7-4-3-5-8-13)12-19-15-10-6-9-14(11-15)18-2/h3-11,17H,12H2,1-2H3. The lowest BCUT2D eigenvalue weighted by atomic mass is 9.99. The Morgan fingerprint density at radius 3 is 2.53 bits per heavy atom. The lowest BCUT2D eigenvalue weighted by Crippen LogP contribution is -2.24. The highest BCUT2D eigenvalue weighted by molar-refractivity contribution is 7.99. The lowest BCUT2D eigenvalue weighted by molar-refractivity contribution is 0.0839. The van der Waals surface area contributed by atoms with Gasteiger partial charge < -0.3 is 9.84 Å². The third kappa shape index (κ3) is 3.75. The smallest absolute Gasteiger partial charge is 0.119 e. The summed E-state index contributed by atoms with van der Waals surface area (Å²) in [6.45, 7) is 1.84. The second kappa shape index (κ2) is 6.13. The first kappa shape index (κ1) is 14.0. The maximum Gasteiger partial charge on any atom is 0.119 e. The zero-order valence-corrected chi connectivity index (χ0v) is 12.0. The van der Waals surface area contributed by atoms with Gasteiger partial charge in [0.2, 0.25) is 0 Å². The molecule has 0 aliphatic carbocycles. The summed E-state index contributed by atoms with van der Waals surface area (Å²) in [5.74, 6) is 1.44. The van der Waals surface area contributed by atoms with Crippen LogP contribution in [0.2, 0.25) is 0 Å². The van der Waals surface area contributed by atoms with Crippen LogP contribution in [0.5, 0.6) is 5.75 Å². The van der Waals surface area contributed by atoms with E-state index in [0.29, 0.717) is 5.75 Å². The first-order valence-electron chi connectivity index (χ1n) is 6.16. The first-order valence-corrected chi connectivity index (χ1v) is 7.15. The molecule has 2 rings (SSSR count). The van der Waals surface area contributed by atoms with Crippen LogP contribution in [0.15, 0.2) is 59.5 Å². The Morgan fingerprint density at radius 2 is 1.84 bits per heavy atom. The Bertz CT molecular complexity index is 523. The number of hydrogen-bond acceptors (Lipinski definition) is 3. The zero-order chi connectivity index (χ0) is 13.7. The molecular weight excluding hydrogens is 256 g/mol. The number of rotatable bonds is 5. The molecule has 2 aromatic carbocycles. The predicted molar refractivity (Wildman–Crippen MR) is 79.7 cm³/mol. The van der Waals surface area contributed by atoms with E-state index in [-0.39, 0.29) is 0 Å². The summed E-state index contributed by atoms with van der Waals surface area (Å²) in [7, 11) is 1.66. The number of aliphatic hydroxyl groups is 1. The molecule has 0 heterocycles. The van der Waals surface area contributed by atoms with E-state index < -0.39 is 5.60 Å². The van der Waals surface area contributed by atoms with E-state index in [4.69, 9.17) is 4.74 Å². The Kier molecular flexibility index (Phi) is 4.51. The molecular formula is C16H18O2S. The summed E-state index contributed by atoms with van der Waals surface area (Å²) in [5.41, 5.74) is 0.0973. The maximum absolute atomic E-state index is 10.5. The van der Waals surface area contributed by atoms with Crippen LogP contribution in [0.1, 0.15) is 12.5 Å². The van der Waals surface area contributed by atoms with E-state index >= 15 is 0 Å². The molecule has 0 aliphatic rings. The summed E-state index contributed by atoms with van der Waals surface area (Å²) in [4.78, 5) is 1.09. The minimum Gasteiger partial charge on any atom is -0.497 e. The highest BCUT2D eigenvalue weighted by Crippen LogP contribution is 2.30. The minimum absolute atomic E-state index is 0.601. The van der Waals surface area contributed by atoms with Crippen LogP contribution in [0.4, 0.5) is 0 Å². The number of ether oxygens (including phenoxy) is 1. The number of benzene rings is 2. The van der Waals surface area contributed by atoms with Crippen LogP contribution in [0, 0.1) is 0 Å². The van der Waals surface area contributed by atoms with Gasteiger partial charge in [-0.1, -0.05) is 36.4 Å². The normalized spacial score (nSPS) is 13.8. The van der Waals surface area contributed by atoms with E-state index in [1.165, 1.54) is 0 Å². The van der Waals surface area contributed by atoms with Gasteiger partial charge in [-0.15, -0.1) is 11.8 Å². The highest BCUT2D eigenvalue weighted by Gasteiger charge is 2.22. The van der Waals surface area contributed by atoms with Crippen molar-refractivity contribution in [3.63, 3.8) is 0 Å². The van der Waals surface area contributed by atoms with Crippen molar-refractivity contribution in [1.82, 2.24) is 0 Å². The Balaban J connectivity index is 2.05. The Hall–Kier alpha value is -1.45. The van der Waals surface area contributed by atoms with Crippen molar-refractivity contribution in [2.75, 3.05) is 12.9 Å². The summed E-state index contributed by atoms with van der Waals surface area (Å²) < 4.78 is 5.20. The molecule has 1 N–H and O–H groups in total. The van der Waals surface area contributed by atoms with Crippen molar-refractivity contribution in [1.29, 1.82) is 0 Å². The second-order valence-electron chi connectivity index (χ2n) is 4.61. The monoisotopic (exact) mass is 274 g/mol. The molecule has 1 unspecified atom stereocenters. The van der Waals surface area contributed by atoms with Gasteiger partial charge >= 0.3 is 0 Å². The fourth-order valence-electron chi connectivity index (χ4n) is 1.80. The molecule has 1 atom stereocenters. The number of thioether (sulfide) groups is 1. The summed E-state index contributed by atoms with van der Waals surface area (Å²) in [5, 5.41) is 10.5. The fourth-order valence-corrected chi connectivity index (χ4v) is 2.78. The van der Waals surface area contributed by atoms with Crippen LogP contribution >= 0.6 is 11.8 Å². The van der Waals surface area contributed by atoms with Crippen LogP contribution in [-0.2, 0) is 5.60 Å². The molecule has 3 heteroatoms. The van der Waals surface area contributed by atoms with Gasteiger partial charge in [-0.25, -0.2) is 0 Å². The molecule has 0 saturated carbocycles. The summed E-state index contributed by atoms with van der Waals surface area (Å²) in [6, 6.07) is 17.6. The van der Waals surface area contributed by atoms with Gasteiger partial charge in [0, 0.05) is 10.6 Å². The molecule has 0 spiro atoms. The largest absolute Gasteiger partial charge is 0.497 e. The van der Waals surface area contributed by atoms with Crippen LogP contribution in [0.3, 0.4) is 0 Å². The van der Waals surface area contributed by atoms with Gasteiger partial charge in [-0.2, -0.15) is 0 Å². The van der Waals surface area contributed by atoms with Gasteiger partial charge in [0.05, 0.1) is 12.7 Å². The van der Waals surface area contributed by atoms with Gasteiger partial charge in [0.25, 0.3) is 0 Å². The molecule has 2 aromatic rings. The lowest BCUT2D eigenvalue weighted by Gasteiger charge is -2.23. The molecule has 19 heavy (non-hydrogen) atoms. The molecule has 2 nitrogen and oxygen atoms in total. The zero-order valence-electron chi connectivity index (χ0n) is 11.2.